The van der Waals surface area contributed by atoms with E-state index in [2.05, 4.69) is 0 Å². The quantitative estimate of drug-likeness (QED) is 0.332. The highest BCUT2D eigenvalue weighted by Gasteiger charge is 2.93. The molecule has 0 atom stereocenters. The van der Waals surface area contributed by atoms with Crippen LogP contribution in [-0.2, 0) is 4.79 Å². The van der Waals surface area contributed by atoms with Crippen LogP contribution in [0.15, 0.2) is 11.1 Å². The zero-order chi connectivity index (χ0) is 24.9. The Balaban J connectivity index is 6.92. The van der Waals surface area contributed by atoms with Crippen molar-refractivity contribution >= 4 is 5.97 Å². The van der Waals surface area contributed by atoms with Gasteiger partial charge < -0.3 is 5.11 Å². The predicted molar refractivity (Wildman–Crippen MR) is 66.4 cm³/mol. The summed E-state index contributed by atoms with van der Waals surface area (Å²) >= 11 is 0. The van der Waals surface area contributed by atoms with E-state index in [4.69, 9.17) is 5.11 Å². The van der Waals surface area contributed by atoms with E-state index >= 15 is 0 Å². The summed E-state index contributed by atoms with van der Waals surface area (Å²) in [7, 11) is 0. The summed E-state index contributed by atoms with van der Waals surface area (Å²) in [5.41, 5.74) is -4.32. The Labute approximate surface area is 156 Å². The topological polar surface area (TPSA) is 37.3 Å². The Morgan fingerprint density at radius 2 is 0.933 bits per heavy atom. The first-order chi connectivity index (χ1) is 12.8. The van der Waals surface area contributed by atoms with Crippen molar-refractivity contribution in [2.45, 2.75) is 62.0 Å². The summed E-state index contributed by atoms with van der Waals surface area (Å²) in [6.07, 6.45) is -9.25. The van der Waals surface area contributed by atoms with Crippen LogP contribution in [0.4, 0.5) is 65.9 Å². The average Bonchev–Trinajstić information content (AvgIpc) is 2.52. The molecule has 30 heavy (non-hydrogen) atoms. The van der Waals surface area contributed by atoms with E-state index < -0.39 is 65.2 Å². The molecule has 0 rings (SSSR count). The molecule has 0 unspecified atom stereocenters. The second-order valence-corrected chi connectivity index (χ2v) is 5.71. The molecule has 0 aromatic rings. The number of carboxylic acids is 1. The van der Waals surface area contributed by atoms with Gasteiger partial charge in [0, 0.05) is 11.1 Å². The van der Waals surface area contributed by atoms with E-state index in [-0.39, 0.29) is 6.92 Å². The molecule has 178 valence electrons. The second-order valence-electron chi connectivity index (χ2n) is 5.71. The van der Waals surface area contributed by atoms with Gasteiger partial charge in [-0.15, -0.1) is 0 Å². The number of hydrogen-bond acceptors (Lipinski definition) is 1. The molecule has 17 heteroatoms. The molecule has 0 aromatic heterocycles. The highest BCUT2D eigenvalue weighted by atomic mass is 19.4. The number of carbonyl (C=O) groups is 1. The van der Waals surface area contributed by atoms with Gasteiger partial charge in [0.15, 0.2) is 0 Å². The molecular weight excluding hydrogens is 473 g/mol. The van der Waals surface area contributed by atoms with Crippen LogP contribution in [0, 0.1) is 0 Å². The Morgan fingerprint density at radius 1 is 0.633 bits per heavy atom. The molecule has 2 nitrogen and oxygen atoms in total. The van der Waals surface area contributed by atoms with Crippen LogP contribution in [0.1, 0.15) is 20.3 Å². The van der Waals surface area contributed by atoms with Gasteiger partial charge in [-0.2, -0.15) is 65.9 Å². The number of rotatable bonds is 8. The van der Waals surface area contributed by atoms with E-state index in [1.165, 1.54) is 0 Å². The van der Waals surface area contributed by atoms with Crippen LogP contribution in [0.25, 0.3) is 0 Å². The first-order valence-corrected chi connectivity index (χ1v) is 7.07. The van der Waals surface area contributed by atoms with Gasteiger partial charge in [-0.1, -0.05) is 6.92 Å². The highest BCUT2D eigenvalue weighted by molar-refractivity contribution is 5.87. The minimum atomic E-state index is -8.40. The third-order valence-electron chi connectivity index (χ3n) is 3.83. The van der Waals surface area contributed by atoms with Gasteiger partial charge in [0.05, 0.1) is 0 Å². The number of alkyl halides is 15. The third kappa shape index (κ3) is 3.56. The van der Waals surface area contributed by atoms with E-state index in [1.807, 2.05) is 0 Å². The summed E-state index contributed by atoms with van der Waals surface area (Å²) in [6, 6.07) is 0. The van der Waals surface area contributed by atoms with Crippen molar-refractivity contribution in [1.29, 1.82) is 0 Å². The standard InChI is InChI=1S/C13H9F15O2/c1-3-5(4(2)6(29)30)7(14,15)8(16,17)9(18,19)10(20,21)11(22,23)12(24,25)13(26,27)28/h3H2,1-2H3,(H,29,30). The minimum absolute atomic E-state index is 0.105. The van der Waals surface area contributed by atoms with E-state index in [9.17, 15) is 70.7 Å². The molecule has 0 aliphatic heterocycles. The van der Waals surface area contributed by atoms with Crippen LogP contribution >= 0.6 is 0 Å². The van der Waals surface area contributed by atoms with Gasteiger partial charge in [0.1, 0.15) is 0 Å². The van der Waals surface area contributed by atoms with Crippen LogP contribution in [0.3, 0.4) is 0 Å². The smallest absolute Gasteiger partial charge is 0.460 e. The molecule has 1 N–H and O–H groups in total. The van der Waals surface area contributed by atoms with Gasteiger partial charge in [0.2, 0.25) is 0 Å². The molecule has 0 fully saturated rings. The highest BCUT2D eigenvalue weighted by Crippen LogP contribution is 2.63. The van der Waals surface area contributed by atoms with E-state index in [0.29, 0.717) is 6.92 Å². The molecular formula is C13H9F15O2. The fourth-order valence-electron chi connectivity index (χ4n) is 2.01. The Bertz CT molecular complexity index is 702. The van der Waals surface area contributed by atoms with Crippen LogP contribution in [0.2, 0.25) is 0 Å². The van der Waals surface area contributed by atoms with E-state index in [0.717, 1.165) is 0 Å². The third-order valence-corrected chi connectivity index (χ3v) is 3.83. The predicted octanol–water partition coefficient (Wildman–Crippen LogP) is 6.17. The maximum absolute atomic E-state index is 13.9. The van der Waals surface area contributed by atoms with Gasteiger partial charge in [-0.05, 0) is 13.3 Å². The van der Waals surface area contributed by atoms with Crippen LogP contribution in [0.5, 0.6) is 0 Å². The molecule has 0 heterocycles. The Kier molecular flexibility index (Phi) is 6.93. The van der Waals surface area contributed by atoms with Crippen LogP contribution < -0.4 is 0 Å². The molecule has 0 spiro atoms. The lowest BCUT2D eigenvalue weighted by Gasteiger charge is -2.42. The summed E-state index contributed by atoms with van der Waals surface area (Å²) in [6.45, 7) is 0.530. The summed E-state index contributed by atoms with van der Waals surface area (Å²) < 4.78 is 196. The zero-order valence-electron chi connectivity index (χ0n) is 14.2. The lowest BCUT2D eigenvalue weighted by molar-refractivity contribution is -0.450. The molecule has 0 saturated heterocycles. The first kappa shape index (κ1) is 28.2. The minimum Gasteiger partial charge on any atom is -0.478 e. The molecule has 0 aliphatic carbocycles. The van der Waals surface area contributed by atoms with Gasteiger partial charge >= 0.3 is 47.7 Å². The lowest BCUT2D eigenvalue weighted by Crippen LogP contribution is -2.72. The van der Waals surface area contributed by atoms with E-state index in [1.54, 1.807) is 0 Å². The van der Waals surface area contributed by atoms with Gasteiger partial charge in [-0.3, -0.25) is 0 Å². The number of carboxylic acid groups (broad SMARTS) is 1. The van der Waals surface area contributed by atoms with Gasteiger partial charge in [0.25, 0.3) is 0 Å². The molecule has 0 aliphatic rings. The molecule has 0 amide bonds. The number of aliphatic carboxylic acids is 1. The molecule has 0 radical (unpaired) electrons. The van der Waals surface area contributed by atoms with Crippen molar-refractivity contribution in [2.24, 2.45) is 0 Å². The first-order valence-electron chi connectivity index (χ1n) is 7.07. The van der Waals surface area contributed by atoms with Crippen molar-refractivity contribution in [3.8, 4) is 0 Å². The largest absolute Gasteiger partial charge is 0.478 e. The molecule has 0 bridgehead atoms. The number of allylic oxidation sites excluding steroid dienone is 1. The molecule has 0 aromatic carbocycles. The van der Waals surface area contributed by atoms with Crippen molar-refractivity contribution in [2.75, 3.05) is 0 Å². The Hall–Kier alpha value is -1.84. The van der Waals surface area contributed by atoms with Crippen LogP contribution in [-0.4, -0.2) is 52.8 Å². The van der Waals surface area contributed by atoms with Crippen molar-refractivity contribution < 1.29 is 75.8 Å². The summed E-state index contributed by atoms with van der Waals surface area (Å²) in [5, 5.41) is 8.48. The number of halogens is 15. The van der Waals surface area contributed by atoms with Crippen molar-refractivity contribution in [3.05, 3.63) is 11.1 Å². The maximum atomic E-state index is 13.9. The number of hydrogen-bond donors (Lipinski definition) is 1. The normalized spacial score (nSPS) is 16.4. The Morgan fingerprint density at radius 3 is 1.20 bits per heavy atom. The lowest BCUT2D eigenvalue weighted by atomic mass is 9.86. The SMILES string of the molecule is CCC(=C(C)C(=O)O)C(F)(F)C(F)(F)C(F)(F)C(F)(F)C(F)(F)C(F)(F)C(F)(F)F. The average molecular weight is 482 g/mol. The zero-order valence-corrected chi connectivity index (χ0v) is 14.2. The fraction of sp³-hybridized carbons (Fsp3) is 0.769. The van der Waals surface area contributed by atoms with Crippen molar-refractivity contribution in [3.63, 3.8) is 0 Å². The van der Waals surface area contributed by atoms with Gasteiger partial charge in [-0.25, -0.2) is 4.79 Å². The fourth-order valence-corrected chi connectivity index (χ4v) is 2.01. The second kappa shape index (κ2) is 7.39. The summed E-state index contributed by atoms with van der Waals surface area (Å²) in [4.78, 5) is 10.6. The maximum Gasteiger partial charge on any atom is 0.460 e. The monoisotopic (exact) mass is 482 g/mol. The van der Waals surface area contributed by atoms with Crippen molar-refractivity contribution in [1.82, 2.24) is 0 Å². The molecule has 0 saturated carbocycles. The summed E-state index contributed by atoms with van der Waals surface area (Å²) in [5.74, 6) is -49.9.